The van der Waals surface area contributed by atoms with Crippen molar-refractivity contribution < 1.29 is 4.79 Å². The molecule has 0 aliphatic carbocycles. The van der Waals surface area contributed by atoms with E-state index in [9.17, 15) is 4.79 Å². The Morgan fingerprint density at radius 2 is 2.70 bits per heavy atom. The third-order valence-corrected chi connectivity index (χ3v) is 2.22. The van der Waals surface area contributed by atoms with Crippen LogP contribution in [0.25, 0.3) is 0 Å². The fourth-order valence-corrected chi connectivity index (χ4v) is 1.48. The number of carbonyl (C=O) groups excluding carboxylic acids is 1. The van der Waals surface area contributed by atoms with E-state index in [1.54, 1.807) is 6.20 Å². The van der Waals surface area contributed by atoms with Crippen molar-refractivity contribution in [2.24, 2.45) is 5.73 Å². The normalized spacial score (nSPS) is 9.60. The second kappa shape index (κ2) is 3.52. The number of aromatic nitrogens is 2. The molecule has 0 unspecified atom stereocenters. The van der Waals surface area contributed by atoms with Crippen LogP contribution in [-0.2, 0) is 4.79 Å². The van der Waals surface area contributed by atoms with Crippen molar-refractivity contribution in [1.82, 2.24) is 8.75 Å². The SMILES string of the molecule is NC(=O)CSc1cnsn1. The molecule has 0 saturated heterocycles. The molecule has 4 nitrogen and oxygen atoms in total. The summed E-state index contributed by atoms with van der Waals surface area (Å²) in [6.07, 6.45) is 1.61. The molecule has 2 N–H and O–H groups in total. The van der Waals surface area contributed by atoms with Crippen LogP contribution in [-0.4, -0.2) is 20.4 Å². The lowest BCUT2D eigenvalue weighted by atomic mass is 10.8. The van der Waals surface area contributed by atoms with Gasteiger partial charge in [-0.1, -0.05) is 11.8 Å². The van der Waals surface area contributed by atoms with Gasteiger partial charge in [0, 0.05) is 0 Å². The van der Waals surface area contributed by atoms with E-state index < -0.39 is 0 Å². The first-order valence-corrected chi connectivity index (χ1v) is 4.19. The first-order chi connectivity index (χ1) is 4.79. The summed E-state index contributed by atoms with van der Waals surface area (Å²) >= 11 is 2.42. The van der Waals surface area contributed by atoms with Gasteiger partial charge in [0.15, 0.2) is 0 Å². The molecule has 0 bridgehead atoms. The predicted octanol–water partition coefficient (Wildman–Crippen LogP) is 0.116. The standard InChI is InChI=1S/C4H5N3OS2/c5-3(8)2-9-4-1-6-10-7-4/h1H,2H2,(H2,5,8). The van der Waals surface area contributed by atoms with Crippen molar-refractivity contribution >= 4 is 29.4 Å². The molecule has 1 amide bonds. The summed E-state index contributed by atoms with van der Waals surface area (Å²) in [6.45, 7) is 0. The first kappa shape index (κ1) is 7.49. The lowest BCUT2D eigenvalue weighted by Crippen LogP contribution is -2.12. The smallest absolute Gasteiger partial charge is 0.227 e. The number of nitrogens with zero attached hydrogens (tertiary/aromatic N) is 2. The van der Waals surface area contributed by atoms with Gasteiger partial charge in [-0.15, -0.1) is 0 Å². The van der Waals surface area contributed by atoms with Gasteiger partial charge in [0.1, 0.15) is 5.03 Å². The molecule has 1 aromatic rings. The van der Waals surface area contributed by atoms with Crippen molar-refractivity contribution in [3.8, 4) is 0 Å². The number of carbonyl (C=O) groups is 1. The molecule has 1 rings (SSSR count). The Labute approximate surface area is 66.1 Å². The average Bonchev–Trinajstić information content (AvgIpc) is 2.34. The molecule has 0 aromatic carbocycles. The fourth-order valence-electron chi connectivity index (χ4n) is 0.365. The molecule has 0 spiro atoms. The summed E-state index contributed by atoms with van der Waals surface area (Å²) in [6, 6.07) is 0. The molecule has 0 aliphatic heterocycles. The van der Waals surface area contributed by atoms with Crippen LogP contribution in [0.5, 0.6) is 0 Å². The van der Waals surface area contributed by atoms with Gasteiger partial charge in [-0.25, -0.2) is 0 Å². The zero-order chi connectivity index (χ0) is 7.40. The highest BCUT2D eigenvalue weighted by Gasteiger charge is 1.98. The first-order valence-electron chi connectivity index (χ1n) is 2.47. The molecule has 10 heavy (non-hydrogen) atoms. The summed E-state index contributed by atoms with van der Waals surface area (Å²) in [7, 11) is 0. The summed E-state index contributed by atoms with van der Waals surface area (Å²) in [5.41, 5.74) is 4.90. The number of amides is 1. The highest BCUT2D eigenvalue weighted by molar-refractivity contribution is 7.99. The van der Waals surface area contributed by atoms with Crippen LogP contribution in [0.1, 0.15) is 0 Å². The third kappa shape index (κ3) is 2.32. The van der Waals surface area contributed by atoms with E-state index in [0.717, 1.165) is 16.8 Å². The average molecular weight is 175 g/mol. The van der Waals surface area contributed by atoms with Gasteiger partial charge in [0.25, 0.3) is 0 Å². The van der Waals surface area contributed by atoms with E-state index in [-0.39, 0.29) is 11.7 Å². The lowest BCUT2D eigenvalue weighted by molar-refractivity contribution is -0.115. The van der Waals surface area contributed by atoms with Crippen LogP contribution in [0.2, 0.25) is 0 Å². The highest BCUT2D eigenvalue weighted by atomic mass is 32.2. The molecule has 1 heterocycles. The van der Waals surface area contributed by atoms with E-state index >= 15 is 0 Å². The van der Waals surface area contributed by atoms with Crippen LogP contribution in [0.3, 0.4) is 0 Å². The molecule has 0 saturated carbocycles. The Hall–Kier alpha value is -0.620. The topological polar surface area (TPSA) is 68.9 Å². The molecule has 0 atom stereocenters. The van der Waals surface area contributed by atoms with E-state index in [2.05, 4.69) is 8.75 Å². The fraction of sp³-hybridized carbons (Fsp3) is 0.250. The summed E-state index contributed by atoms with van der Waals surface area (Å²) in [4.78, 5) is 10.3. The number of primary amides is 1. The summed E-state index contributed by atoms with van der Waals surface area (Å²) in [5.74, 6) is -0.0659. The van der Waals surface area contributed by atoms with E-state index in [1.807, 2.05) is 0 Å². The van der Waals surface area contributed by atoms with Crippen LogP contribution in [0.15, 0.2) is 11.2 Å². The molecule has 0 radical (unpaired) electrons. The zero-order valence-electron chi connectivity index (χ0n) is 4.98. The Morgan fingerprint density at radius 1 is 1.90 bits per heavy atom. The second-order valence-electron chi connectivity index (χ2n) is 1.50. The number of hydrogen-bond acceptors (Lipinski definition) is 5. The minimum atomic E-state index is -0.335. The molecule has 1 aromatic heterocycles. The largest absolute Gasteiger partial charge is 0.369 e. The minimum absolute atomic E-state index is 0.269. The third-order valence-electron chi connectivity index (χ3n) is 0.703. The monoisotopic (exact) mass is 175 g/mol. The summed E-state index contributed by atoms with van der Waals surface area (Å²) < 4.78 is 7.63. The van der Waals surface area contributed by atoms with E-state index in [0.29, 0.717) is 0 Å². The van der Waals surface area contributed by atoms with Crippen LogP contribution >= 0.6 is 23.5 Å². The molecule has 0 fully saturated rings. The van der Waals surface area contributed by atoms with Gasteiger partial charge in [-0.2, -0.15) is 8.75 Å². The quantitative estimate of drug-likeness (QED) is 0.662. The highest BCUT2D eigenvalue weighted by Crippen LogP contribution is 2.13. The van der Waals surface area contributed by atoms with Crippen LogP contribution in [0.4, 0.5) is 0 Å². The van der Waals surface area contributed by atoms with Crippen molar-refractivity contribution in [3.05, 3.63) is 6.20 Å². The number of nitrogens with two attached hydrogens (primary N) is 1. The Balaban J connectivity index is 2.35. The Morgan fingerprint density at radius 3 is 3.20 bits per heavy atom. The number of hydrogen-bond donors (Lipinski definition) is 1. The molecular weight excluding hydrogens is 170 g/mol. The maximum atomic E-state index is 10.3. The summed E-state index contributed by atoms with van der Waals surface area (Å²) in [5, 5.41) is 0.754. The Kier molecular flexibility index (Phi) is 2.64. The van der Waals surface area contributed by atoms with Gasteiger partial charge < -0.3 is 5.73 Å². The van der Waals surface area contributed by atoms with Crippen molar-refractivity contribution in [2.75, 3.05) is 5.75 Å². The molecule has 0 aliphatic rings. The van der Waals surface area contributed by atoms with Crippen LogP contribution in [0, 0.1) is 0 Å². The van der Waals surface area contributed by atoms with E-state index in [4.69, 9.17) is 5.73 Å². The lowest BCUT2D eigenvalue weighted by Gasteiger charge is -1.88. The zero-order valence-corrected chi connectivity index (χ0v) is 6.61. The van der Waals surface area contributed by atoms with Gasteiger partial charge in [0.05, 0.1) is 23.7 Å². The number of rotatable bonds is 3. The van der Waals surface area contributed by atoms with Crippen molar-refractivity contribution in [1.29, 1.82) is 0 Å². The van der Waals surface area contributed by atoms with Gasteiger partial charge in [-0.05, 0) is 0 Å². The maximum Gasteiger partial charge on any atom is 0.227 e. The Bertz CT molecular complexity index is 210. The molecule has 54 valence electrons. The van der Waals surface area contributed by atoms with E-state index in [1.165, 1.54) is 11.8 Å². The van der Waals surface area contributed by atoms with Gasteiger partial charge >= 0.3 is 0 Å². The second-order valence-corrected chi connectivity index (χ2v) is 3.05. The molecular formula is C4H5N3OS2. The van der Waals surface area contributed by atoms with Crippen molar-refractivity contribution in [3.63, 3.8) is 0 Å². The van der Waals surface area contributed by atoms with Gasteiger partial charge in [0.2, 0.25) is 5.91 Å². The van der Waals surface area contributed by atoms with Crippen molar-refractivity contribution in [2.45, 2.75) is 5.03 Å². The number of thioether (sulfide) groups is 1. The minimum Gasteiger partial charge on any atom is -0.369 e. The van der Waals surface area contributed by atoms with Gasteiger partial charge in [-0.3, -0.25) is 4.79 Å². The maximum absolute atomic E-state index is 10.3. The van der Waals surface area contributed by atoms with Crippen LogP contribution < -0.4 is 5.73 Å². The molecule has 6 heteroatoms. The predicted molar refractivity (Wildman–Crippen MR) is 39.8 cm³/mol.